The molecule has 8 nitrogen and oxygen atoms in total. The molecule has 200 valence electrons. The van der Waals surface area contributed by atoms with Crippen LogP contribution in [0.15, 0.2) is 77.6 Å². The molecule has 1 heterocycles. The number of benzene rings is 3. The normalized spacial score (nSPS) is 11.8. The van der Waals surface area contributed by atoms with Gasteiger partial charge >= 0.3 is 0 Å². The van der Waals surface area contributed by atoms with Gasteiger partial charge in [0.25, 0.3) is 5.56 Å². The Morgan fingerprint density at radius 2 is 1.63 bits per heavy atom. The summed E-state index contributed by atoms with van der Waals surface area (Å²) in [5, 5.41) is 14.9. The van der Waals surface area contributed by atoms with Gasteiger partial charge < -0.3 is 33.9 Å². The summed E-state index contributed by atoms with van der Waals surface area (Å²) in [4.78, 5) is 12.9. The quantitative estimate of drug-likeness (QED) is 0.258. The molecule has 4 rings (SSSR count). The van der Waals surface area contributed by atoms with Crippen LogP contribution in [0.25, 0.3) is 22.0 Å². The molecule has 1 aromatic heterocycles. The van der Waals surface area contributed by atoms with E-state index in [1.54, 1.807) is 31.9 Å². The minimum atomic E-state index is -0.638. The van der Waals surface area contributed by atoms with E-state index in [9.17, 15) is 9.90 Å². The van der Waals surface area contributed by atoms with Gasteiger partial charge in [-0.3, -0.25) is 4.79 Å². The summed E-state index contributed by atoms with van der Waals surface area (Å²) >= 11 is 0. The number of pyridine rings is 1. The first-order valence-electron chi connectivity index (χ1n) is 12.6. The van der Waals surface area contributed by atoms with Crippen molar-refractivity contribution in [2.75, 3.05) is 40.5 Å². The van der Waals surface area contributed by atoms with Crippen LogP contribution in [0.2, 0.25) is 0 Å². The molecule has 0 saturated heterocycles. The standard InChI is InChI=1S/C30H34N2O6/c1-32-27(17-22-11-14-25(35-2)18-26(22)30(32)34)21-9-12-24(13-10-21)37-16-6-15-31-19-23(33)20-38-29-8-5-4-7-28(29)36-3/h4-5,7-14,17-18,23,31,33H,6,15-16,19-20H2,1-3H3. The summed E-state index contributed by atoms with van der Waals surface area (Å²) in [6.07, 6.45) is 0.145. The zero-order valence-electron chi connectivity index (χ0n) is 22.0. The number of hydrogen-bond donors (Lipinski definition) is 2. The monoisotopic (exact) mass is 518 g/mol. The molecule has 2 N–H and O–H groups in total. The molecule has 0 bridgehead atoms. The highest BCUT2D eigenvalue weighted by atomic mass is 16.5. The first-order valence-corrected chi connectivity index (χ1v) is 12.6. The second kappa shape index (κ2) is 13.0. The number of rotatable bonds is 13. The van der Waals surface area contributed by atoms with Crippen molar-refractivity contribution in [3.05, 3.63) is 83.2 Å². The maximum Gasteiger partial charge on any atom is 0.258 e. The Hall–Kier alpha value is -4.01. The zero-order chi connectivity index (χ0) is 26.9. The van der Waals surface area contributed by atoms with E-state index in [-0.39, 0.29) is 12.2 Å². The van der Waals surface area contributed by atoms with Crippen molar-refractivity contribution >= 4 is 10.8 Å². The SMILES string of the molecule is COc1ccc2cc(-c3ccc(OCCCNCC(O)COc4ccccc4OC)cc3)n(C)c(=O)c2c1. The average molecular weight is 519 g/mol. The highest BCUT2D eigenvalue weighted by molar-refractivity contribution is 5.86. The molecule has 0 aliphatic heterocycles. The predicted molar refractivity (Wildman–Crippen MR) is 149 cm³/mol. The number of nitrogens with zero attached hydrogens (tertiary/aromatic N) is 1. The van der Waals surface area contributed by atoms with Crippen LogP contribution in [0.5, 0.6) is 23.0 Å². The highest BCUT2D eigenvalue weighted by Crippen LogP contribution is 2.27. The first-order chi connectivity index (χ1) is 18.5. The molecule has 0 saturated carbocycles. The molecule has 0 fully saturated rings. The Labute approximate surface area is 222 Å². The van der Waals surface area contributed by atoms with Gasteiger partial charge in [0.05, 0.1) is 31.9 Å². The summed E-state index contributed by atoms with van der Waals surface area (Å²) < 4.78 is 23.7. The Bertz CT molecular complexity index is 1400. The van der Waals surface area contributed by atoms with Crippen LogP contribution in [-0.4, -0.2) is 56.3 Å². The Morgan fingerprint density at radius 3 is 2.37 bits per heavy atom. The van der Waals surface area contributed by atoms with E-state index >= 15 is 0 Å². The maximum absolute atomic E-state index is 12.9. The van der Waals surface area contributed by atoms with Gasteiger partial charge in [-0.2, -0.15) is 0 Å². The third-order valence-corrected chi connectivity index (χ3v) is 6.25. The van der Waals surface area contributed by atoms with Crippen molar-refractivity contribution in [2.45, 2.75) is 12.5 Å². The van der Waals surface area contributed by atoms with E-state index in [1.165, 1.54) is 0 Å². The van der Waals surface area contributed by atoms with Crippen molar-refractivity contribution in [3.8, 4) is 34.3 Å². The van der Waals surface area contributed by atoms with Gasteiger partial charge in [0.1, 0.15) is 24.2 Å². The molecule has 0 aliphatic carbocycles. The van der Waals surface area contributed by atoms with Crippen molar-refractivity contribution < 1.29 is 24.1 Å². The summed E-state index contributed by atoms with van der Waals surface area (Å²) in [6.45, 7) is 1.83. The van der Waals surface area contributed by atoms with Crippen LogP contribution >= 0.6 is 0 Å². The number of aromatic nitrogens is 1. The van der Waals surface area contributed by atoms with Crippen LogP contribution in [0.4, 0.5) is 0 Å². The lowest BCUT2D eigenvalue weighted by molar-refractivity contribution is 0.104. The van der Waals surface area contributed by atoms with Gasteiger partial charge in [-0.25, -0.2) is 0 Å². The van der Waals surface area contributed by atoms with E-state index in [1.807, 2.05) is 66.7 Å². The van der Waals surface area contributed by atoms with Crippen LogP contribution in [0.3, 0.4) is 0 Å². The van der Waals surface area contributed by atoms with E-state index in [2.05, 4.69) is 5.32 Å². The molecular weight excluding hydrogens is 484 g/mol. The molecule has 8 heteroatoms. The lowest BCUT2D eigenvalue weighted by Crippen LogP contribution is -2.32. The molecule has 0 amide bonds. The number of ether oxygens (including phenoxy) is 4. The van der Waals surface area contributed by atoms with Crippen molar-refractivity contribution in [2.24, 2.45) is 7.05 Å². The smallest absolute Gasteiger partial charge is 0.258 e. The van der Waals surface area contributed by atoms with Gasteiger partial charge in [0.15, 0.2) is 11.5 Å². The Morgan fingerprint density at radius 1 is 0.895 bits per heavy atom. The number of para-hydroxylation sites is 2. The predicted octanol–water partition coefficient (Wildman–Crippen LogP) is 4.02. The third-order valence-electron chi connectivity index (χ3n) is 6.25. The fraction of sp³-hybridized carbons (Fsp3) is 0.300. The van der Waals surface area contributed by atoms with E-state index in [0.29, 0.717) is 42.3 Å². The molecule has 1 unspecified atom stereocenters. The third kappa shape index (κ3) is 6.65. The second-order valence-corrected chi connectivity index (χ2v) is 8.89. The Kier molecular flexibility index (Phi) is 9.24. The van der Waals surface area contributed by atoms with Crippen molar-refractivity contribution in [3.63, 3.8) is 0 Å². The van der Waals surface area contributed by atoms with E-state index in [4.69, 9.17) is 18.9 Å². The minimum Gasteiger partial charge on any atom is -0.497 e. The molecular formula is C30H34N2O6. The van der Waals surface area contributed by atoms with Crippen LogP contribution in [0, 0.1) is 0 Å². The van der Waals surface area contributed by atoms with Gasteiger partial charge in [-0.15, -0.1) is 0 Å². The summed E-state index contributed by atoms with van der Waals surface area (Å²) in [7, 11) is 4.95. The number of hydrogen-bond acceptors (Lipinski definition) is 7. The van der Waals surface area contributed by atoms with Gasteiger partial charge in [0.2, 0.25) is 0 Å². The number of nitrogens with one attached hydrogen (secondary N) is 1. The Balaban J connectivity index is 1.22. The van der Waals surface area contributed by atoms with Crippen molar-refractivity contribution in [1.29, 1.82) is 0 Å². The van der Waals surface area contributed by atoms with Gasteiger partial charge in [0, 0.05) is 13.6 Å². The lowest BCUT2D eigenvalue weighted by Gasteiger charge is -2.15. The molecule has 0 spiro atoms. The summed E-state index contributed by atoms with van der Waals surface area (Å²) in [6, 6.07) is 22.6. The second-order valence-electron chi connectivity index (χ2n) is 8.89. The topological polar surface area (TPSA) is 91.2 Å². The molecule has 1 atom stereocenters. The van der Waals surface area contributed by atoms with Crippen LogP contribution < -0.4 is 29.8 Å². The van der Waals surface area contributed by atoms with Crippen LogP contribution in [0.1, 0.15) is 6.42 Å². The van der Waals surface area contributed by atoms with Gasteiger partial charge in [-0.05, 0) is 78.5 Å². The number of aliphatic hydroxyl groups is 1. The maximum atomic E-state index is 12.9. The van der Waals surface area contributed by atoms with E-state index in [0.717, 1.165) is 28.8 Å². The lowest BCUT2D eigenvalue weighted by atomic mass is 10.1. The average Bonchev–Trinajstić information content (AvgIpc) is 2.96. The fourth-order valence-electron chi connectivity index (χ4n) is 4.15. The number of fused-ring (bicyclic) bond motifs is 1. The van der Waals surface area contributed by atoms with E-state index < -0.39 is 6.10 Å². The number of aliphatic hydroxyl groups excluding tert-OH is 1. The molecule has 38 heavy (non-hydrogen) atoms. The largest absolute Gasteiger partial charge is 0.497 e. The van der Waals surface area contributed by atoms with Crippen molar-refractivity contribution in [1.82, 2.24) is 9.88 Å². The first kappa shape index (κ1) is 27.0. The fourth-order valence-corrected chi connectivity index (χ4v) is 4.15. The molecule has 0 aliphatic rings. The molecule has 0 radical (unpaired) electrons. The zero-order valence-corrected chi connectivity index (χ0v) is 22.0. The molecule has 3 aromatic carbocycles. The summed E-state index contributed by atoms with van der Waals surface area (Å²) in [5.41, 5.74) is 1.69. The summed E-state index contributed by atoms with van der Waals surface area (Å²) in [5.74, 6) is 2.67. The van der Waals surface area contributed by atoms with Gasteiger partial charge in [-0.1, -0.05) is 18.2 Å². The van der Waals surface area contributed by atoms with Crippen LogP contribution in [-0.2, 0) is 7.05 Å². The minimum absolute atomic E-state index is 0.0688. The molecule has 4 aromatic rings. The number of methoxy groups -OCH3 is 2. The highest BCUT2D eigenvalue weighted by Gasteiger charge is 2.10.